The van der Waals surface area contributed by atoms with Crippen LogP contribution in [-0.2, 0) is 72.0 Å². The number of allylic oxidation sites excluding steroid dienone is 4. The molecule has 7 heterocycles. The molecule has 2 aliphatic heterocycles. The Kier molecular flexibility index (Phi) is 30.0. The van der Waals surface area contributed by atoms with Crippen molar-refractivity contribution in [2.75, 3.05) is 71.4 Å². The van der Waals surface area contributed by atoms with Crippen molar-refractivity contribution in [3.8, 4) is 28.9 Å². The largest absolute Gasteiger partial charge is 0.504 e. The molecule has 8 bridgehead atoms. The number of carbonyl (C=O) groups is 9. The Morgan fingerprint density at radius 3 is 2.06 bits per heavy atom. The third-order valence-electron chi connectivity index (χ3n) is 20.2. The second-order valence-electron chi connectivity index (χ2n) is 28.4. The number of fused-ring (bicyclic) bond motifs is 9. The number of hydrogen-bond acceptors (Lipinski definition) is 27. The quantitative estimate of drug-likeness (QED) is 0.00323. The first kappa shape index (κ1) is 88.5. The topological polar surface area (TPSA) is 494 Å². The van der Waals surface area contributed by atoms with Gasteiger partial charge in [-0.25, -0.2) is 29.3 Å². The highest BCUT2D eigenvalue weighted by Gasteiger charge is 2.35. The number of anilines is 2. The van der Waals surface area contributed by atoms with Crippen molar-refractivity contribution in [2.24, 2.45) is 0 Å². The van der Waals surface area contributed by atoms with Crippen molar-refractivity contribution < 1.29 is 96.8 Å². The number of carbonyl (C=O) groups excluding carboxylic acids is 7. The number of aromatic hydroxyl groups is 2. The lowest BCUT2D eigenvalue weighted by Gasteiger charge is -2.20. The fourth-order valence-corrected chi connectivity index (χ4v) is 13.7. The average molecular weight is 1670 g/mol. The first-order valence-corrected chi connectivity index (χ1v) is 38.9. The van der Waals surface area contributed by atoms with Crippen molar-refractivity contribution in [3.05, 3.63) is 213 Å². The Morgan fingerprint density at radius 1 is 0.713 bits per heavy atom. The highest BCUT2D eigenvalue weighted by atomic mass is 16.7. The van der Waals surface area contributed by atoms with Crippen LogP contribution in [0.25, 0.3) is 62.6 Å². The van der Waals surface area contributed by atoms with Crippen LogP contribution < -0.4 is 46.7 Å². The van der Waals surface area contributed by atoms with Crippen molar-refractivity contribution in [2.45, 2.75) is 104 Å². The molecule has 0 saturated heterocycles. The molecule has 2 aliphatic rings. The Bertz CT molecular complexity index is 5770. The van der Waals surface area contributed by atoms with E-state index in [4.69, 9.17) is 49.0 Å². The van der Waals surface area contributed by atoms with Crippen LogP contribution in [0.4, 0.5) is 11.6 Å². The summed E-state index contributed by atoms with van der Waals surface area (Å²) in [5.41, 5.74) is 19.3. The number of aryl methyl sites for hydroxylation is 2. The highest BCUT2D eigenvalue weighted by Crippen LogP contribution is 2.44. The minimum Gasteiger partial charge on any atom is -0.504 e. The van der Waals surface area contributed by atoms with Gasteiger partial charge >= 0.3 is 23.9 Å². The summed E-state index contributed by atoms with van der Waals surface area (Å²) in [6.45, 7) is 13.2. The number of carboxylic acid groups (broad SMARTS) is 2. The predicted octanol–water partition coefficient (Wildman–Crippen LogP) is 9.82. The fraction of sp³-hybridized carbons (Fsp3) is 0.284. The molecule has 0 spiro atoms. The van der Waals surface area contributed by atoms with Crippen LogP contribution in [0.15, 0.2) is 134 Å². The molecule has 34 heteroatoms. The van der Waals surface area contributed by atoms with Crippen LogP contribution in [0.2, 0.25) is 0 Å². The number of nitrogens with one attached hydrogen (secondary N) is 7. The zero-order valence-corrected chi connectivity index (χ0v) is 67.9. The van der Waals surface area contributed by atoms with E-state index in [1.54, 1.807) is 79.7 Å². The molecule has 11 rings (SSSR count). The molecule has 9 aromatic rings. The maximum atomic E-state index is 14.6. The molecule has 13 N–H and O–H groups in total. The summed E-state index contributed by atoms with van der Waals surface area (Å²) in [7, 11) is 2.76. The van der Waals surface area contributed by atoms with E-state index in [1.807, 2.05) is 39.8 Å². The predicted molar refractivity (Wildman–Crippen MR) is 451 cm³/mol. The Morgan fingerprint density at radius 2 is 1.39 bits per heavy atom. The van der Waals surface area contributed by atoms with Crippen molar-refractivity contribution in [3.63, 3.8) is 0 Å². The molecule has 0 fully saturated rings. The number of nitrogens with zero attached hydrogens (tertiary/aromatic N) is 6. The molecule has 2 unspecified atom stereocenters. The minimum absolute atomic E-state index is 0.00531. The highest BCUT2D eigenvalue weighted by molar-refractivity contribution is 6.11. The number of aliphatic carboxylic acids is 1. The number of aromatic nitrogens is 8. The molecule has 0 radical (unpaired) electrons. The van der Waals surface area contributed by atoms with Crippen LogP contribution in [0.1, 0.15) is 146 Å². The number of methoxy groups -OCH3 is 2. The lowest BCUT2D eigenvalue weighted by molar-refractivity contribution is -0.157. The third kappa shape index (κ3) is 22.7. The number of ether oxygens (including phenoxy) is 6. The average Bonchev–Trinajstić information content (AvgIpc) is 1.60. The molecule has 4 atom stereocenters. The number of aromatic amines is 2. The lowest BCUT2D eigenvalue weighted by atomic mass is 9.85. The van der Waals surface area contributed by atoms with Gasteiger partial charge < -0.3 is 90.7 Å². The number of hydroxylamine groups is 1. The summed E-state index contributed by atoms with van der Waals surface area (Å²) >= 11 is 0. The molecule has 3 amide bonds. The van der Waals surface area contributed by atoms with Gasteiger partial charge in [0.05, 0.1) is 100 Å². The number of carboxylic acids is 2. The minimum atomic E-state index is -1.88. The Balaban J connectivity index is 0.730. The van der Waals surface area contributed by atoms with Gasteiger partial charge in [0.15, 0.2) is 45.7 Å². The van der Waals surface area contributed by atoms with E-state index in [0.29, 0.717) is 73.9 Å². The maximum Gasteiger partial charge on any atom is 0.354 e. The SMILES string of the molecule is C=Cc1c(C)c2cc3nc(c(CC(=O)NCCOCCOCCNC(=O)COC(NC(=O)c4ccc(NCc5cnc6nc(N)nc(O)c6n5)cc4)C(=O)O)c4[nH]c(cc5nc(cc1[nH]2)C(C)=C5CC)c(C)c4C(=O)O)[C@@H](CCC(=O)ON[C@@H](Cc1ccccc1)C(=O)Oc1ccc(/C=C/C(=O)CC(=O)/C=C/c2ccc(O)c(OC)c2)cc1OC)C3C. The van der Waals surface area contributed by atoms with Gasteiger partial charge in [-0.05, 0) is 151 Å². The second kappa shape index (κ2) is 41.4. The first-order chi connectivity index (χ1) is 58.7. The Hall–Kier alpha value is -14.4. The smallest absolute Gasteiger partial charge is 0.354 e. The number of esters is 1. The number of nitrogens with two attached hydrogens (primary N) is 1. The number of aromatic carboxylic acids is 1. The number of phenolic OH excluding ortho intramolecular Hbond substituents is 1. The van der Waals surface area contributed by atoms with Gasteiger partial charge in [-0.3, -0.25) is 33.8 Å². The van der Waals surface area contributed by atoms with Crippen molar-refractivity contribution >= 4 is 127 Å². The fourth-order valence-electron chi connectivity index (χ4n) is 13.7. The van der Waals surface area contributed by atoms with Crippen molar-refractivity contribution in [1.29, 1.82) is 0 Å². The molecule has 0 aliphatic carbocycles. The second-order valence-corrected chi connectivity index (χ2v) is 28.4. The number of nitrogen functional groups attached to an aromatic ring is 1. The number of benzene rings is 4. The molecule has 634 valence electrons. The molecular weight excluding hydrogens is 1570 g/mol. The standard InChI is InChI=1S/C88H92N14O20/c1-9-59-47(3)63-41-65-49(5)61(26-29-76(108)122-102-69(36-51-14-12-11-13-15-51)87(115)121-71-28-19-53(38-73(71)117-8)17-25-58(104)39-57(103)24-16-52-18-27-70(105)72(37-52)116-7)78(97-65)62(79-77(85(111)112)50(6)66(98-79)43-68-60(10-2)48(4)64(96-68)42-67(59)95-63)40-74(106)90-30-32-118-34-35-119-33-31-91-75(107)46-120-84(86(113)114)100-82(109)54-20-22-55(23-21-54)92-44-56-45-93-81-80(94-56)83(110)101-88(89)99-81/h9,11-25,27-28,37-38,41-43,45,49,61,69,84,92,95,98,102,105H,1,10,26,29-36,39-40,44,46H2,2-8H3,(H,90,106)(H,91,107)(H,100,109)(H,111,112)(H,113,114)(H3,89,93,99,101,110)/b24-16+,25-17+,63-41?,64-42?,65-41?,66-43?,67-42?,68-43?,78-62?,79-62?/t49?,61-,69-,84?/m0/s1. The first-order valence-electron chi connectivity index (χ1n) is 38.9. The number of H-pyrrole nitrogens is 2. The van der Waals surface area contributed by atoms with Gasteiger partial charge in [0.2, 0.25) is 29.9 Å². The van der Waals surface area contributed by atoms with E-state index >= 15 is 0 Å². The summed E-state index contributed by atoms with van der Waals surface area (Å²) in [6.07, 6.45) is 6.26. The monoisotopic (exact) mass is 1660 g/mol. The molecule has 4 aromatic carbocycles. The molecule has 122 heavy (non-hydrogen) atoms. The zero-order valence-electron chi connectivity index (χ0n) is 67.9. The van der Waals surface area contributed by atoms with Crippen molar-refractivity contribution in [1.82, 2.24) is 61.3 Å². The van der Waals surface area contributed by atoms with Crippen LogP contribution in [0.3, 0.4) is 0 Å². The molecular formula is C88H92N14O20. The summed E-state index contributed by atoms with van der Waals surface area (Å²) in [4.78, 5) is 160. The van der Waals surface area contributed by atoms with Gasteiger partial charge in [-0.1, -0.05) is 81.1 Å². The van der Waals surface area contributed by atoms with E-state index in [1.165, 1.54) is 75.1 Å². The number of rotatable bonds is 40. The number of phenols is 1. The summed E-state index contributed by atoms with van der Waals surface area (Å²) in [6, 6.07) is 28.4. The number of amides is 3. The normalized spacial score (nSPS) is 13.6. The van der Waals surface area contributed by atoms with Gasteiger partial charge in [-0.15, -0.1) is 5.48 Å². The van der Waals surface area contributed by atoms with E-state index in [-0.39, 0.29) is 128 Å². The zero-order chi connectivity index (χ0) is 87.3. The summed E-state index contributed by atoms with van der Waals surface area (Å²) in [5, 5.41) is 51.8. The number of hydrogen-bond donors (Lipinski definition) is 12. The van der Waals surface area contributed by atoms with Crippen LogP contribution in [-0.4, -0.2) is 186 Å². The lowest BCUT2D eigenvalue weighted by Crippen LogP contribution is -2.44. The van der Waals surface area contributed by atoms with Gasteiger partial charge in [-0.2, -0.15) is 9.97 Å². The van der Waals surface area contributed by atoms with Crippen LogP contribution in [0, 0.1) is 13.8 Å². The maximum absolute atomic E-state index is 14.6. The third-order valence-corrected chi connectivity index (χ3v) is 20.2. The van der Waals surface area contributed by atoms with Gasteiger partial charge in [0, 0.05) is 82.4 Å². The molecule has 34 nitrogen and oxygen atoms in total. The van der Waals surface area contributed by atoms with E-state index in [9.17, 15) is 63.6 Å². The summed E-state index contributed by atoms with van der Waals surface area (Å²) in [5.74, 6) is -8.97. The number of ketones is 2. The van der Waals surface area contributed by atoms with E-state index < -0.39 is 103 Å². The van der Waals surface area contributed by atoms with E-state index in [2.05, 4.69) is 63.2 Å². The van der Waals surface area contributed by atoms with Gasteiger partial charge in [0.1, 0.15) is 12.6 Å². The summed E-state index contributed by atoms with van der Waals surface area (Å²) < 4.78 is 33.3. The van der Waals surface area contributed by atoms with E-state index in [0.717, 1.165) is 27.8 Å². The van der Waals surface area contributed by atoms with Crippen LogP contribution >= 0.6 is 0 Å². The van der Waals surface area contributed by atoms with Crippen LogP contribution in [0.5, 0.6) is 28.9 Å². The Labute approximate surface area is 699 Å². The molecule has 5 aromatic heterocycles. The molecule has 0 saturated carbocycles. The van der Waals surface area contributed by atoms with Gasteiger partial charge in [0.25, 0.3) is 5.91 Å².